The second-order valence-corrected chi connectivity index (χ2v) is 4.94. The van der Waals surface area contributed by atoms with E-state index in [1.807, 2.05) is 24.3 Å². The van der Waals surface area contributed by atoms with Crippen molar-refractivity contribution in [2.24, 2.45) is 10.2 Å². The smallest absolute Gasteiger partial charge is 0.377 e. The van der Waals surface area contributed by atoms with Crippen molar-refractivity contribution in [2.75, 3.05) is 0 Å². The van der Waals surface area contributed by atoms with Crippen LogP contribution in [-0.2, 0) is 0 Å². The average Bonchev–Trinajstić information content (AvgIpc) is 2.95. The molecule has 0 aliphatic heterocycles. The number of nitrogens with zero attached hydrogens (tertiary/aromatic N) is 4. The highest BCUT2D eigenvalue weighted by Crippen LogP contribution is 2.36. The van der Waals surface area contributed by atoms with Crippen LogP contribution in [0.5, 0.6) is 5.75 Å². The third kappa shape index (κ3) is 2.56. The molecule has 0 bridgehead atoms. The summed E-state index contributed by atoms with van der Waals surface area (Å²) in [6.45, 7) is 0. The number of hydrogen-bond donors (Lipinski definition) is 1. The van der Waals surface area contributed by atoms with Gasteiger partial charge in [-0.05, 0) is 21.4 Å². The summed E-state index contributed by atoms with van der Waals surface area (Å²) in [4.78, 5) is 13.7. The molecular weight excluding hydrogens is 292 g/mol. The Kier molecular flexibility index (Phi) is 3.28. The predicted octanol–water partition coefficient (Wildman–Crippen LogP) is 4.33. The Morgan fingerprint density at radius 2 is 2.00 bits per heavy atom. The number of rotatable bonds is 3. The van der Waals surface area contributed by atoms with Crippen LogP contribution < -0.4 is 0 Å². The second-order valence-electron chi connectivity index (χ2n) is 4.10. The van der Waals surface area contributed by atoms with Crippen LogP contribution in [0.4, 0.5) is 16.6 Å². The summed E-state index contributed by atoms with van der Waals surface area (Å²) < 4.78 is 0. The van der Waals surface area contributed by atoms with E-state index in [1.54, 1.807) is 6.07 Å². The maximum atomic E-state index is 10.6. The van der Waals surface area contributed by atoms with Gasteiger partial charge in [0.1, 0.15) is 11.4 Å². The molecule has 8 heteroatoms. The zero-order valence-electron chi connectivity index (χ0n) is 10.5. The molecule has 3 rings (SSSR count). The van der Waals surface area contributed by atoms with Crippen molar-refractivity contribution >= 4 is 38.7 Å². The van der Waals surface area contributed by atoms with Crippen molar-refractivity contribution in [1.29, 1.82) is 0 Å². The Bertz CT molecular complexity index is 859. The Morgan fingerprint density at radius 1 is 1.19 bits per heavy atom. The Hall–Kier alpha value is -2.87. The summed E-state index contributed by atoms with van der Waals surface area (Å²) in [5.74, 6) is -0.278. The number of nitro groups is 1. The molecule has 0 saturated carbocycles. The first-order valence-corrected chi connectivity index (χ1v) is 6.75. The quantitative estimate of drug-likeness (QED) is 0.442. The third-order valence-electron chi connectivity index (χ3n) is 2.78. The van der Waals surface area contributed by atoms with Crippen LogP contribution in [0.15, 0.2) is 52.0 Å². The van der Waals surface area contributed by atoms with E-state index in [0.717, 1.165) is 22.1 Å². The number of aromatic nitrogens is 1. The summed E-state index contributed by atoms with van der Waals surface area (Å²) in [5, 5.41) is 31.4. The van der Waals surface area contributed by atoms with E-state index >= 15 is 0 Å². The van der Waals surface area contributed by atoms with Crippen LogP contribution in [0.25, 0.3) is 10.8 Å². The van der Waals surface area contributed by atoms with Crippen molar-refractivity contribution < 1.29 is 10.0 Å². The molecule has 0 radical (unpaired) electrons. The Morgan fingerprint density at radius 3 is 2.76 bits per heavy atom. The van der Waals surface area contributed by atoms with Gasteiger partial charge in [-0.2, -0.15) is 0 Å². The molecule has 7 nitrogen and oxygen atoms in total. The minimum atomic E-state index is -0.592. The maximum absolute atomic E-state index is 10.6. The first-order valence-electron chi connectivity index (χ1n) is 5.87. The molecule has 0 atom stereocenters. The third-order valence-corrected chi connectivity index (χ3v) is 3.49. The summed E-state index contributed by atoms with van der Waals surface area (Å²) in [5.41, 5.74) is 0.311. The molecule has 2 aromatic carbocycles. The molecule has 1 N–H and O–H groups in total. The van der Waals surface area contributed by atoms with Gasteiger partial charge in [-0.15, -0.1) is 5.11 Å². The first-order chi connectivity index (χ1) is 10.1. The van der Waals surface area contributed by atoms with E-state index in [-0.39, 0.29) is 16.7 Å². The molecule has 0 fully saturated rings. The fourth-order valence-electron chi connectivity index (χ4n) is 1.83. The van der Waals surface area contributed by atoms with Crippen LogP contribution in [0, 0.1) is 10.1 Å². The van der Waals surface area contributed by atoms with Gasteiger partial charge in [0.25, 0.3) is 0 Å². The van der Waals surface area contributed by atoms with Crippen molar-refractivity contribution in [3.63, 3.8) is 0 Å². The molecule has 1 heterocycles. The Balaban J connectivity index is 2.02. The number of phenols is 1. The zero-order chi connectivity index (χ0) is 14.8. The lowest BCUT2D eigenvalue weighted by Gasteiger charge is -2.02. The minimum absolute atomic E-state index is 0.0106. The lowest BCUT2D eigenvalue weighted by atomic mass is 10.1. The predicted molar refractivity (Wildman–Crippen MR) is 78.6 cm³/mol. The molecule has 0 amide bonds. The van der Waals surface area contributed by atoms with Crippen molar-refractivity contribution in [3.05, 3.63) is 51.9 Å². The maximum Gasteiger partial charge on any atom is 0.377 e. The minimum Gasteiger partial charge on any atom is -0.506 e. The fourth-order valence-corrected chi connectivity index (χ4v) is 2.41. The summed E-state index contributed by atoms with van der Waals surface area (Å²) >= 11 is 1.01. The lowest BCUT2D eigenvalue weighted by Crippen LogP contribution is -1.85. The molecule has 0 spiro atoms. The highest BCUT2D eigenvalue weighted by Gasteiger charge is 2.13. The Labute approximate surface area is 122 Å². The van der Waals surface area contributed by atoms with Gasteiger partial charge in [0, 0.05) is 5.39 Å². The number of thiazole rings is 1. The molecule has 0 aliphatic rings. The number of fused-ring (bicyclic) bond motifs is 1. The number of aromatic hydroxyl groups is 1. The van der Waals surface area contributed by atoms with Gasteiger partial charge in [-0.1, -0.05) is 46.8 Å². The van der Waals surface area contributed by atoms with Crippen molar-refractivity contribution in [3.8, 4) is 5.75 Å². The van der Waals surface area contributed by atoms with Crippen LogP contribution >= 0.6 is 11.3 Å². The van der Waals surface area contributed by atoms with E-state index in [2.05, 4.69) is 15.2 Å². The highest BCUT2D eigenvalue weighted by molar-refractivity contribution is 7.13. The number of benzene rings is 2. The molecule has 104 valence electrons. The van der Waals surface area contributed by atoms with Gasteiger partial charge >= 0.3 is 10.9 Å². The second kappa shape index (κ2) is 5.25. The van der Waals surface area contributed by atoms with Crippen molar-refractivity contribution in [2.45, 2.75) is 0 Å². The first kappa shape index (κ1) is 13.1. The van der Waals surface area contributed by atoms with Crippen LogP contribution in [0.3, 0.4) is 0 Å². The van der Waals surface area contributed by atoms with E-state index < -0.39 is 4.92 Å². The largest absolute Gasteiger partial charge is 0.506 e. The number of azo groups is 1. The fraction of sp³-hybridized carbons (Fsp3) is 0. The molecule has 0 unspecified atom stereocenters. The monoisotopic (exact) mass is 300 g/mol. The molecular formula is C13H8N4O3S. The molecule has 0 aliphatic carbocycles. The average molecular weight is 300 g/mol. The standard InChI is InChI=1S/C13H8N4O3S/c18-10-6-5-8-3-1-2-4-9(8)12(10)15-16-13-14-11(7-21-13)17(19)20/h1-7,18H/b16-15+. The van der Waals surface area contributed by atoms with Gasteiger partial charge in [0.05, 0.1) is 5.38 Å². The summed E-state index contributed by atoms with van der Waals surface area (Å²) in [6, 6.07) is 10.7. The normalized spacial score (nSPS) is 11.2. The number of hydrogen-bond acceptors (Lipinski definition) is 7. The molecule has 0 saturated heterocycles. The zero-order valence-corrected chi connectivity index (χ0v) is 11.3. The molecule has 3 aromatic rings. The SMILES string of the molecule is O=[N+]([O-])c1csc(/N=N/c2c(O)ccc3ccccc23)n1. The summed E-state index contributed by atoms with van der Waals surface area (Å²) in [6.07, 6.45) is 0. The van der Waals surface area contributed by atoms with Gasteiger partial charge < -0.3 is 15.2 Å². The van der Waals surface area contributed by atoms with Gasteiger partial charge in [-0.3, -0.25) is 0 Å². The van der Waals surface area contributed by atoms with Crippen LogP contribution in [0.2, 0.25) is 0 Å². The van der Waals surface area contributed by atoms with Gasteiger partial charge in [0.15, 0.2) is 0 Å². The van der Waals surface area contributed by atoms with Gasteiger partial charge in [-0.25, -0.2) is 0 Å². The van der Waals surface area contributed by atoms with E-state index in [0.29, 0.717) is 5.69 Å². The topological polar surface area (TPSA) is 101 Å². The molecule has 1 aromatic heterocycles. The van der Waals surface area contributed by atoms with Gasteiger partial charge in [0.2, 0.25) is 0 Å². The van der Waals surface area contributed by atoms with Crippen LogP contribution in [0.1, 0.15) is 0 Å². The highest BCUT2D eigenvalue weighted by atomic mass is 32.1. The lowest BCUT2D eigenvalue weighted by molar-refractivity contribution is -0.389. The van der Waals surface area contributed by atoms with E-state index in [9.17, 15) is 15.2 Å². The van der Waals surface area contributed by atoms with Crippen LogP contribution in [-0.4, -0.2) is 15.0 Å². The summed E-state index contributed by atoms with van der Waals surface area (Å²) in [7, 11) is 0. The number of phenolic OH excluding ortho intramolecular Hbond substituents is 1. The van der Waals surface area contributed by atoms with E-state index in [1.165, 1.54) is 11.4 Å². The molecule has 21 heavy (non-hydrogen) atoms. The van der Waals surface area contributed by atoms with Crippen molar-refractivity contribution in [1.82, 2.24) is 4.98 Å². The van der Waals surface area contributed by atoms with E-state index in [4.69, 9.17) is 0 Å².